The molecule has 0 aromatic carbocycles. The minimum atomic E-state index is -5.06. The van der Waals surface area contributed by atoms with Crippen LogP contribution >= 0.6 is 0 Å². The van der Waals surface area contributed by atoms with Crippen LogP contribution in [0.3, 0.4) is 0 Å². The highest BCUT2D eigenvalue weighted by Crippen LogP contribution is 2.26. The number of allylic oxidation sites excluding steroid dienone is 6. The van der Waals surface area contributed by atoms with E-state index in [1.807, 2.05) is 0 Å². The SMILES string of the molecule is CCCCC/C=C\C/C=C\C/C=C\CCCCCCCCCOCC(COC1OC(CO)C(O)C(OS(=O)(=O)O)C1O)OC(=O)CCCCCCCCCCCCCCC. The van der Waals surface area contributed by atoms with E-state index < -0.39 is 59.8 Å². The lowest BCUT2D eigenvalue weighted by molar-refractivity contribution is -0.301. The van der Waals surface area contributed by atoms with Gasteiger partial charge in [0.1, 0.15) is 30.5 Å². The molecule has 0 aromatic rings. The van der Waals surface area contributed by atoms with Gasteiger partial charge in [-0.3, -0.25) is 9.35 Å². The van der Waals surface area contributed by atoms with Gasteiger partial charge in [-0.2, -0.15) is 8.42 Å². The van der Waals surface area contributed by atoms with Gasteiger partial charge in [-0.1, -0.05) is 172 Å². The summed E-state index contributed by atoms with van der Waals surface area (Å²) in [5, 5.41) is 30.7. The average Bonchev–Trinajstić information content (AvgIpc) is 3.22. The van der Waals surface area contributed by atoms with E-state index in [0.29, 0.717) is 13.0 Å². The molecule has 13 heteroatoms. The second-order valence-electron chi connectivity index (χ2n) is 16.4. The van der Waals surface area contributed by atoms with Gasteiger partial charge in [-0.15, -0.1) is 0 Å². The van der Waals surface area contributed by atoms with Crippen LogP contribution in [0.2, 0.25) is 0 Å². The van der Waals surface area contributed by atoms with Crippen LogP contribution in [0.25, 0.3) is 0 Å². The summed E-state index contributed by atoms with van der Waals surface area (Å²) in [5.41, 5.74) is 0. The number of esters is 1. The molecule has 0 radical (unpaired) electrons. The van der Waals surface area contributed by atoms with Crippen LogP contribution in [0.1, 0.15) is 194 Å². The monoisotopic (exact) mass is 875 g/mol. The van der Waals surface area contributed by atoms with E-state index in [9.17, 15) is 28.5 Å². The number of unbranched alkanes of at least 4 members (excludes halogenated alkanes) is 22. The van der Waals surface area contributed by atoms with Crippen molar-refractivity contribution in [2.75, 3.05) is 26.4 Å². The van der Waals surface area contributed by atoms with E-state index in [-0.39, 0.29) is 19.6 Å². The summed E-state index contributed by atoms with van der Waals surface area (Å²) < 4.78 is 59.1. The molecule has 0 aromatic heterocycles. The maximum absolute atomic E-state index is 12.8. The fraction of sp³-hybridized carbons (Fsp3) is 0.851. The molecule has 1 rings (SSSR count). The minimum absolute atomic E-state index is 0.0314. The van der Waals surface area contributed by atoms with Crippen molar-refractivity contribution in [2.24, 2.45) is 0 Å². The van der Waals surface area contributed by atoms with Crippen molar-refractivity contribution in [3.05, 3.63) is 36.5 Å². The highest BCUT2D eigenvalue weighted by Gasteiger charge is 2.48. The predicted molar refractivity (Wildman–Crippen MR) is 239 cm³/mol. The summed E-state index contributed by atoms with van der Waals surface area (Å²) in [6, 6.07) is 0. The van der Waals surface area contributed by atoms with E-state index >= 15 is 0 Å². The maximum Gasteiger partial charge on any atom is 0.397 e. The molecule has 0 amide bonds. The molecule has 0 aliphatic carbocycles. The lowest BCUT2D eigenvalue weighted by atomic mass is 9.99. The van der Waals surface area contributed by atoms with Crippen molar-refractivity contribution < 1.29 is 56.2 Å². The summed E-state index contributed by atoms with van der Waals surface area (Å²) in [6.07, 6.45) is 36.0. The Morgan fingerprint density at radius 3 is 1.63 bits per heavy atom. The second kappa shape index (κ2) is 39.0. The Bertz CT molecular complexity index is 1190. The first-order valence-electron chi connectivity index (χ1n) is 23.7. The number of carbonyl (C=O) groups is 1. The Labute approximate surface area is 364 Å². The van der Waals surface area contributed by atoms with Crippen molar-refractivity contribution in [2.45, 2.75) is 230 Å². The largest absolute Gasteiger partial charge is 0.457 e. The quantitative estimate of drug-likeness (QED) is 0.0198. The lowest BCUT2D eigenvalue weighted by Crippen LogP contribution is -2.60. The molecule has 1 fully saturated rings. The first kappa shape index (κ1) is 56.3. The van der Waals surface area contributed by atoms with Crippen molar-refractivity contribution in [3.63, 3.8) is 0 Å². The fourth-order valence-corrected chi connectivity index (χ4v) is 7.66. The fourth-order valence-electron chi connectivity index (χ4n) is 7.15. The molecule has 0 bridgehead atoms. The second-order valence-corrected chi connectivity index (χ2v) is 17.4. The molecule has 4 N–H and O–H groups in total. The standard InChI is InChI=1S/C47H86O12S/c1-3-5-7-9-11-13-15-17-18-19-20-21-22-23-25-27-29-31-33-35-37-55-39-41(40-56-47-45(51)46(59-60(52,53)54)44(50)42(38-48)58-47)57-43(49)36-34-32-30-28-26-24-16-14-12-10-8-6-4-2/h11,13,17-18,20-21,41-42,44-48,50-51H,3-10,12,14-16,19,22-40H2,1-2H3,(H,52,53,54)/b13-11-,18-17-,21-20-. The number of rotatable bonds is 41. The van der Waals surface area contributed by atoms with Gasteiger partial charge in [0.15, 0.2) is 6.29 Å². The molecule has 12 nitrogen and oxygen atoms in total. The van der Waals surface area contributed by atoms with Gasteiger partial charge in [-0.05, 0) is 51.4 Å². The lowest BCUT2D eigenvalue weighted by Gasteiger charge is -2.41. The highest BCUT2D eigenvalue weighted by molar-refractivity contribution is 7.80. The molecule has 1 heterocycles. The molecule has 0 spiro atoms. The molecule has 6 atom stereocenters. The van der Waals surface area contributed by atoms with Crippen LogP contribution in [-0.4, -0.2) is 97.5 Å². The molecular formula is C47H86O12S. The summed E-state index contributed by atoms with van der Waals surface area (Å²) >= 11 is 0. The van der Waals surface area contributed by atoms with Gasteiger partial charge in [-0.25, -0.2) is 4.18 Å². The Morgan fingerprint density at radius 1 is 0.633 bits per heavy atom. The summed E-state index contributed by atoms with van der Waals surface area (Å²) in [5.74, 6) is -0.402. The normalized spacial score (nSPS) is 20.5. The molecule has 60 heavy (non-hydrogen) atoms. The Hall–Kier alpha value is -1.68. The Balaban J connectivity index is 2.40. The van der Waals surface area contributed by atoms with Gasteiger partial charge < -0.3 is 34.3 Å². The van der Waals surface area contributed by atoms with E-state index in [1.165, 1.54) is 109 Å². The molecule has 6 unspecified atom stereocenters. The van der Waals surface area contributed by atoms with E-state index in [1.54, 1.807) is 0 Å². The van der Waals surface area contributed by atoms with Crippen LogP contribution < -0.4 is 0 Å². The third-order valence-corrected chi connectivity index (χ3v) is 11.2. The van der Waals surface area contributed by atoms with Crippen LogP contribution in [-0.2, 0) is 38.3 Å². The highest BCUT2D eigenvalue weighted by atomic mass is 32.3. The van der Waals surface area contributed by atoms with E-state index in [2.05, 4.69) is 54.5 Å². The summed E-state index contributed by atoms with van der Waals surface area (Å²) in [6.45, 7) is 3.95. The number of aliphatic hydroxyl groups is 3. The number of hydrogen-bond acceptors (Lipinski definition) is 11. The molecule has 1 aliphatic rings. The maximum atomic E-state index is 12.8. The van der Waals surface area contributed by atoms with Gasteiger partial charge in [0.2, 0.25) is 0 Å². The number of hydrogen-bond donors (Lipinski definition) is 4. The molecule has 1 saturated heterocycles. The van der Waals surface area contributed by atoms with Crippen molar-refractivity contribution in [1.82, 2.24) is 0 Å². The van der Waals surface area contributed by atoms with Gasteiger partial charge in [0, 0.05) is 13.0 Å². The molecule has 352 valence electrons. The zero-order valence-electron chi connectivity index (χ0n) is 37.5. The van der Waals surface area contributed by atoms with Crippen LogP contribution in [0.4, 0.5) is 0 Å². The topological polar surface area (TPSA) is 178 Å². The van der Waals surface area contributed by atoms with Gasteiger partial charge in [0.25, 0.3) is 0 Å². The van der Waals surface area contributed by atoms with Gasteiger partial charge in [0.05, 0.1) is 19.8 Å². The Kier molecular flexibility index (Phi) is 36.6. The average molecular weight is 875 g/mol. The Morgan fingerprint density at radius 2 is 1.10 bits per heavy atom. The number of carbonyl (C=O) groups excluding carboxylic acids is 1. The third kappa shape index (κ3) is 32.1. The van der Waals surface area contributed by atoms with Gasteiger partial charge >= 0.3 is 16.4 Å². The van der Waals surface area contributed by atoms with Crippen molar-refractivity contribution in [1.29, 1.82) is 0 Å². The first-order chi connectivity index (χ1) is 29.1. The summed E-state index contributed by atoms with van der Waals surface area (Å²) in [7, 11) is -5.06. The van der Waals surface area contributed by atoms with Crippen molar-refractivity contribution in [3.8, 4) is 0 Å². The predicted octanol–water partition coefficient (Wildman–Crippen LogP) is 10.2. The molecule has 1 aliphatic heterocycles. The van der Waals surface area contributed by atoms with Crippen LogP contribution in [0.5, 0.6) is 0 Å². The third-order valence-electron chi connectivity index (χ3n) is 10.8. The number of aliphatic hydroxyl groups excluding tert-OH is 3. The first-order valence-corrected chi connectivity index (χ1v) is 25.1. The number of ether oxygens (including phenoxy) is 4. The van der Waals surface area contributed by atoms with Crippen LogP contribution in [0, 0.1) is 0 Å². The smallest absolute Gasteiger partial charge is 0.397 e. The van der Waals surface area contributed by atoms with Crippen molar-refractivity contribution >= 4 is 16.4 Å². The van der Waals surface area contributed by atoms with E-state index in [0.717, 1.165) is 57.8 Å². The zero-order valence-corrected chi connectivity index (χ0v) is 38.3. The van der Waals surface area contributed by atoms with Crippen LogP contribution in [0.15, 0.2) is 36.5 Å². The molecular weight excluding hydrogens is 789 g/mol. The zero-order chi connectivity index (χ0) is 43.9. The minimum Gasteiger partial charge on any atom is -0.457 e. The molecule has 0 saturated carbocycles. The summed E-state index contributed by atoms with van der Waals surface area (Å²) in [4.78, 5) is 12.8. The van der Waals surface area contributed by atoms with E-state index in [4.69, 9.17) is 23.5 Å².